The zero-order valence-corrected chi connectivity index (χ0v) is 13.8. The molecule has 0 aliphatic carbocycles. The van der Waals surface area contributed by atoms with Crippen LogP contribution in [0.1, 0.15) is 15.2 Å². The van der Waals surface area contributed by atoms with Gasteiger partial charge in [-0.3, -0.25) is 0 Å². The van der Waals surface area contributed by atoms with Gasteiger partial charge in [-0.25, -0.2) is 4.79 Å². The van der Waals surface area contributed by atoms with Crippen molar-refractivity contribution in [3.8, 4) is 0 Å². The van der Waals surface area contributed by atoms with Crippen molar-refractivity contribution in [3.63, 3.8) is 0 Å². The number of ether oxygens (including phenoxy) is 1. The summed E-state index contributed by atoms with van der Waals surface area (Å²) < 4.78 is 6.69. The average molecular weight is 405 g/mol. The Balaban J connectivity index is 2.00. The summed E-state index contributed by atoms with van der Waals surface area (Å²) >= 11 is 8.27. The quantitative estimate of drug-likeness (QED) is 0.611. The summed E-state index contributed by atoms with van der Waals surface area (Å²) in [6.07, 6.45) is 0.721. The molecule has 0 aliphatic heterocycles. The van der Waals surface area contributed by atoms with E-state index in [2.05, 4.69) is 31.9 Å². The lowest BCUT2D eigenvalue weighted by atomic mass is 10.2. The Morgan fingerprint density at radius 3 is 2.84 bits per heavy atom. The molecule has 3 nitrogen and oxygen atoms in total. The molecule has 0 atom stereocenters. The van der Waals surface area contributed by atoms with Crippen molar-refractivity contribution in [2.75, 3.05) is 12.3 Å². The fraction of sp³-hybridized carbons (Fsp3) is 0.154. The van der Waals surface area contributed by atoms with Gasteiger partial charge in [0, 0.05) is 20.2 Å². The van der Waals surface area contributed by atoms with Crippen LogP contribution in [0.3, 0.4) is 0 Å². The number of anilines is 1. The molecular formula is C13H11Br2NO2S. The van der Waals surface area contributed by atoms with Gasteiger partial charge in [0.2, 0.25) is 0 Å². The van der Waals surface area contributed by atoms with Crippen LogP contribution in [0, 0.1) is 0 Å². The normalized spacial score (nSPS) is 10.4. The minimum Gasteiger partial charge on any atom is -0.462 e. The number of nitrogen functional groups attached to an aromatic ring is 1. The van der Waals surface area contributed by atoms with Gasteiger partial charge in [0.1, 0.15) is 0 Å². The molecule has 2 aromatic rings. The minimum absolute atomic E-state index is 0.350. The van der Waals surface area contributed by atoms with E-state index < -0.39 is 5.97 Å². The van der Waals surface area contributed by atoms with Crippen LogP contribution < -0.4 is 5.73 Å². The summed E-state index contributed by atoms with van der Waals surface area (Å²) in [7, 11) is 0. The average Bonchev–Trinajstić information content (AvgIpc) is 2.86. The number of hydrogen-bond acceptors (Lipinski definition) is 4. The Hall–Kier alpha value is -0.850. The molecule has 2 N–H and O–H groups in total. The molecule has 0 unspecified atom stereocenters. The zero-order valence-electron chi connectivity index (χ0n) is 9.86. The van der Waals surface area contributed by atoms with Gasteiger partial charge in [-0.05, 0) is 39.5 Å². The van der Waals surface area contributed by atoms with Gasteiger partial charge in [0.05, 0.1) is 17.9 Å². The largest absolute Gasteiger partial charge is 0.462 e. The first-order valence-electron chi connectivity index (χ1n) is 5.52. The fourth-order valence-electron chi connectivity index (χ4n) is 1.53. The number of thiophene rings is 1. The van der Waals surface area contributed by atoms with Crippen LogP contribution in [0.25, 0.3) is 0 Å². The van der Waals surface area contributed by atoms with Crippen molar-refractivity contribution in [3.05, 3.63) is 49.0 Å². The molecule has 0 aliphatic rings. The van der Waals surface area contributed by atoms with Crippen LogP contribution in [-0.4, -0.2) is 12.6 Å². The van der Waals surface area contributed by atoms with E-state index in [4.69, 9.17) is 10.5 Å². The topological polar surface area (TPSA) is 52.3 Å². The van der Waals surface area contributed by atoms with Crippen LogP contribution in [0.2, 0.25) is 0 Å². The highest BCUT2D eigenvalue weighted by Crippen LogP contribution is 2.28. The van der Waals surface area contributed by atoms with Gasteiger partial charge in [-0.15, -0.1) is 11.3 Å². The molecule has 0 bridgehead atoms. The Labute approximate surface area is 132 Å². The molecule has 0 saturated carbocycles. The van der Waals surface area contributed by atoms with Crippen LogP contribution in [-0.2, 0) is 11.2 Å². The first kappa shape index (κ1) is 14.6. The Morgan fingerprint density at radius 2 is 2.16 bits per heavy atom. The molecule has 2 rings (SSSR count). The minimum atomic E-state index is -0.406. The number of carbonyl (C=O) groups is 1. The molecule has 1 aromatic carbocycles. The van der Waals surface area contributed by atoms with E-state index in [-0.39, 0.29) is 0 Å². The molecule has 1 heterocycles. The van der Waals surface area contributed by atoms with E-state index in [1.165, 1.54) is 4.88 Å². The van der Waals surface area contributed by atoms with E-state index in [9.17, 15) is 4.79 Å². The molecule has 0 radical (unpaired) electrons. The summed E-state index contributed by atoms with van der Waals surface area (Å²) in [5, 5.41) is 2.00. The molecule has 0 fully saturated rings. The number of rotatable bonds is 4. The van der Waals surface area contributed by atoms with E-state index in [0.717, 1.165) is 10.9 Å². The van der Waals surface area contributed by atoms with Gasteiger partial charge in [-0.2, -0.15) is 0 Å². The van der Waals surface area contributed by atoms with Crippen LogP contribution >= 0.6 is 43.2 Å². The predicted molar refractivity (Wildman–Crippen MR) is 84.6 cm³/mol. The van der Waals surface area contributed by atoms with E-state index in [0.29, 0.717) is 22.3 Å². The fourth-order valence-corrected chi connectivity index (χ4v) is 3.45. The van der Waals surface area contributed by atoms with Gasteiger partial charge < -0.3 is 10.5 Å². The van der Waals surface area contributed by atoms with Crippen molar-refractivity contribution < 1.29 is 9.53 Å². The highest BCUT2D eigenvalue weighted by molar-refractivity contribution is 9.11. The van der Waals surface area contributed by atoms with Crippen molar-refractivity contribution in [2.45, 2.75) is 6.42 Å². The second-order valence-electron chi connectivity index (χ2n) is 3.81. The number of carbonyl (C=O) groups excluding carboxylic acids is 1. The molecule has 0 amide bonds. The lowest BCUT2D eigenvalue weighted by Gasteiger charge is -2.08. The third-order valence-electron chi connectivity index (χ3n) is 2.48. The monoisotopic (exact) mass is 403 g/mol. The van der Waals surface area contributed by atoms with E-state index >= 15 is 0 Å². The Bertz CT molecular complexity index is 585. The second kappa shape index (κ2) is 6.54. The summed E-state index contributed by atoms with van der Waals surface area (Å²) in [4.78, 5) is 13.1. The van der Waals surface area contributed by atoms with Gasteiger partial charge in [-0.1, -0.05) is 22.0 Å². The van der Waals surface area contributed by atoms with Gasteiger partial charge in [0.25, 0.3) is 0 Å². The molecule has 1 aromatic heterocycles. The van der Waals surface area contributed by atoms with Crippen LogP contribution in [0.15, 0.2) is 38.6 Å². The third-order valence-corrected chi connectivity index (χ3v) is 4.53. The number of halogens is 2. The second-order valence-corrected chi connectivity index (χ2v) is 6.62. The van der Waals surface area contributed by atoms with Crippen molar-refractivity contribution in [1.82, 2.24) is 0 Å². The van der Waals surface area contributed by atoms with Crippen LogP contribution in [0.5, 0.6) is 0 Å². The van der Waals surface area contributed by atoms with E-state index in [1.807, 2.05) is 17.5 Å². The summed E-state index contributed by atoms with van der Waals surface area (Å²) in [6, 6.07) is 7.44. The summed E-state index contributed by atoms with van der Waals surface area (Å²) in [5.74, 6) is -0.406. The van der Waals surface area contributed by atoms with Gasteiger partial charge >= 0.3 is 5.97 Å². The van der Waals surface area contributed by atoms with Crippen molar-refractivity contribution in [2.24, 2.45) is 0 Å². The lowest BCUT2D eigenvalue weighted by molar-refractivity contribution is 0.0511. The highest BCUT2D eigenvalue weighted by Gasteiger charge is 2.14. The maximum absolute atomic E-state index is 12.0. The molecule has 100 valence electrons. The Kier molecular flexibility index (Phi) is 5.01. The number of nitrogens with two attached hydrogens (primary N) is 1. The van der Waals surface area contributed by atoms with Crippen molar-refractivity contribution >= 4 is 54.9 Å². The predicted octanol–water partition coefficient (Wildman–Crippen LogP) is 4.25. The smallest absolute Gasteiger partial charge is 0.340 e. The highest BCUT2D eigenvalue weighted by atomic mass is 79.9. The first-order valence-corrected chi connectivity index (χ1v) is 7.98. The van der Waals surface area contributed by atoms with E-state index in [1.54, 1.807) is 23.5 Å². The third kappa shape index (κ3) is 3.81. The molecular weight excluding hydrogens is 394 g/mol. The number of esters is 1. The molecule has 19 heavy (non-hydrogen) atoms. The lowest BCUT2D eigenvalue weighted by Crippen LogP contribution is -2.10. The standard InChI is InChI=1S/C13H11Br2NO2S/c14-8-6-10(12(16)11(15)7-8)13(17)18-4-3-9-2-1-5-19-9/h1-2,5-7H,3-4,16H2. The van der Waals surface area contributed by atoms with Crippen molar-refractivity contribution in [1.29, 1.82) is 0 Å². The van der Waals surface area contributed by atoms with Gasteiger partial charge in [0.15, 0.2) is 0 Å². The zero-order chi connectivity index (χ0) is 13.8. The van der Waals surface area contributed by atoms with Crippen LogP contribution in [0.4, 0.5) is 5.69 Å². The Morgan fingerprint density at radius 1 is 1.37 bits per heavy atom. The first-order chi connectivity index (χ1) is 9.08. The molecule has 0 saturated heterocycles. The molecule has 0 spiro atoms. The molecule has 6 heteroatoms. The maximum atomic E-state index is 12.0. The SMILES string of the molecule is Nc1c(Br)cc(Br)cc1C(=O)OCCc1cccs1. The maximum Gasteiger partial charge on any atom is 0.340 e. The summed E-state index contributed by atoms with van der Waals surface area (Å²) in [6.45, 7) is 0.350. The number of hydrogen-bond donors (Lipinski definition) is 1. The number of benzene rings is 1. The summed E-state index contributed by atoms with van der Waals surface area (Å²) in [5.41, 5.74) is 6.61.